The molecule has 122 valence electrons. The first-order chi connectivity index (χ1) is 12.3. The van der Waals surface area contributed by atoms with Crippen LogP contribution < -0.4 is 0 Å². The predicted octanol–water partition coefficient (Wildman–Crippen LogP) is 7.24. The molecule has 1 heterocycles. The lowest BCUT2D eigenvalue weighted by molar-refractivity contribution is 0.668. The molecule has 25 heavy (non-hydrogen) atoms. The summed E-state index contributed by atoms with van der Waals surface area (Å²) in [4.78, 5) is 0. The molecular formula is C24H20O. The molecule has 1 heteroatoms. The van der Waals surface area contributed by atoms with Gasteiger partial charge >= 0.3 is 0 Å². The summed E-state index contributed by atoms with van der Waals surface area (Å²) in [6.07, 6.45) is 3.56. The van der Waals surface area contributed by atoms with Crippen LogP contribution in [-0.4, -0.2) is 0 Å². The zero-order valence-corrected chi connectivity index (χ0v) is 14.4. The standard InChI is InChI=1S/C24H20O/c1-2-3-6-16-9-11-21-23(15-16)25-22-14-13-19-18-8-5-4-7-17(18)10-12-20(19)24(21)22/h4-5,7-15H,2-3,6H2,1H3. The molecule has 0 aliphatic rings. The second-order valence-electron chi connectivity index (χ2n) is 6.86. The molecule has 5 aromatic rings. The summed E-state index contributed by atoms with van der Waals surface area (Å²) in [5.74, 6) is 0. The van der Waals surface area contributed by atoms with E-state index in [2.05, 4.69) is 73.7 Å². The first-order valence-corrected chi connectivity index (χ1v) is 9.11. The molecule has 0 unspecified atom stereocenters. The molecule has 0 atom stereocenters. The third-order valence-corrected chi connectivity index (χ3v) is 5.24. The monoisotopic (exact) mass is 324 g/mol. The topological polar surface area (TPSA) is 13.1 Å². The second-order valence-corrected chi connectivity index (χ2v) is 6.86. The third kappa shape index (κ3) is 2.23. The highest BCUT2D eigenvalue weighted by Gasteiger charge is 2.12. The molecule has 0 aliphatic carbocycles. The van der Waals surface area contributed by atoms with Gasteiger partial charge in [-0.05, 0) is 52.1 Å². The Labute approximate surface area is 146 Å². The largest absolute Gasteiger partial charge is 0.456 e. The van der Waals surface area contributed by atoms with Crippen molar-refractivity contribution in [1.82, 2.24) is 0 Å². The number of hydrogen-bond acceptors (Lipinski definition) is 1. The van der Waals surface area contributed by atoms with Crippen LogP contribution in [0.25, 0.3) is 43.5 Å². The molecule has 0 saturated carbocycles. The number of fused-ring (bicyclic) bond motifs is 7. The van der Waals surface area contributed by atoms with E-state index in [0.717, 1.165) is 17.6 Å². The molecule has 0 N–H and O–H groups in total. The molecule has 0 spiro atoms. The van der Waals surface area contributed by atoms with E-state index in [4.69, 9.17) is 4.42 Å². The number of aryl methyl sites for hydroxylation is 1. The van der Waals surface area contributed by atoms with Crippen LogP contribution in [0.3, 0.4) is 0 Å². The van der Waals surface area contributed by atoms with Crippen LogP contribution >= 0.6 is 0 Å². The van der Waals surface area contributed by atoms with E-state index < -0.39 is 0 Å². The zero-order chi connectivity index (χ0) is 16.8. The van der Waals surface area contributed by atoms with Crippen LogP contribution in [-0.2, 0) is 6.42 Å². The summed E-state index contributed by atoms with van der Waals surface area (Å²) >= 11 is 0. The Morgan fingerprint density at radius 3 is 2.48 bits per heavy atom. The van der Waals surface area contributed by atoms with E-state index in [1.807, 2.05) is 0 Å². The highest BCUT2D eigenvalue weighted by atomic mass is 16.3. The Morgan fingerprint density at radius 1 is 0.720 bits per heavy atom. The Balaban J connectivity index is 1.83. The molecule has 1 aromatic heterocycles. The van der Waals surface area contributed by atoms with E-state index >= 15 is 0 Å². The number of rotatable bonds is 3. The van der Waals surface area contributed by atoms with Crippen LogP contribution in [0.5, 0.6) is 0 Å². The normalized spacial score (nSPS) is 11.9. The molecule has 0 amide bonds. The van der Waals surface area contributed by atoms with Crippen molar-refractivity contribution in [1.29, 1.82) is 0 Å². The number of benzene rings is 4. The van der Waals surface area contributed by atoms with Crippen molar-refractivity contribution in [2.75, 3.05) is 0 Å². The molecule has 0 aliphatic heterocycles. The lowest BCUT2D eigenvalue weighted by atomic mass is 9.98. The second kappa shape index (κ2) is 5.63. The van der Waals surface area contributed by atoms with Crippen LogP contribution in [0, 0.1) is 0 Å². The average molecular weight is 324 g/mol. The van der Waals surface area contributed by atoms with E-state index in [-0.39, 0.29) is 0 Å². The fourth-order valence-corrected chi connectivity index (χ4v) is 3.94. The number of unbranched alkanes of at least 4 members (excludes halogenated alkanes) is 1. The van der Waals surface area contributed by atoms with E-state index in [9.17, 15) is 0 Å². The fraction of sp³-hybridized carbons (Fsp3) is 0.167. The third-order valence-electron chi connectivity index (χ3n) is 5.24. The highest BCUT2D eigenvalue weighted by Crippen LogP contribution is 2.37. The number of hydrogen-bond donors (Lipinski definition) is 0. The SMILES string of the molecule is CCCCc1ccc2c(c1)oc1ccc3c4ccccc4ccc3c12. The summed E-state index contributed by atoms with van der Waals surface area (Å²) in [6.45, 7) is 2.23. The lowest BCUT2D eigenvalue weighted by Gasteiger charge is -2.05. The molecule has 1 nitrogen and oxygen atoms in total. The fourth-order valence-electron chi connectivity index (χ4n) is 3.94. The van der Waals surface area contributed by atoms with Gasteiger partial charge in [-0.25, -0.2) is 0 Å². The Hall–Kier alpha value is -2.80. The van der Waals surface area contributed by atoms with Crippen molar-refractivity contribution in [3.8, 4) is 0 Å². The quantitative estimate of drug-likeness (QED) is 0.319. The van der Waals surface area contributed by atoms with Crippen molar-refractivity contribution in [3.63, 3.8) is 0 Å². The molecule has 0 bridgehead atoms. The van der Waals surface area contributed by atoms with E-state index in [1.54, 1.807) is 0 Å². The minimum atomic E-state index is 0.977. The van der Waals surface area contributed by atoms with Crippen molar-refractivity contribution in [3.05, 3.63) is 72.3 Å². The molecule has 0 fully saturated rings. The summed E-state index contributed by atoms with van der Waals surface area (Å²) < 4.78 is 6.19. The first kappa shape index (κ1) is 14.5. The van der Waals surface area contributed by atoms with Gasteiger partial charge in [0.05, 0.1) is 0 Å². The molecule has 4 aromatic carbocycles. The van der Waals surface area contributed by atoms with Crippen LogP contribution in [0.15, 0.2) is 71.1 Å². The summed E-state index contributed by atoms with van der Waals surface area (Å²) in [5, 5.41) is 7.61. The Bertz CT molecular complexity index is 1230. The summed E-state index contributed by atoms with van der Waals surface area (Å²) in [6, 6.07) is 24.1. The maximum atomic E-state index is 6.19. The van der Waals surface area contributed by atoms with Gasteiger partial charge < -0.3 is 4.42 Å². The minimum absolute atomic E-state index is 0.977. The minimum Gasteiger partial charge on any atom is -0.456 e. The van der Waals surface area contributed by atoms with Crippen molar-refractivity contribution in [2.45, 2.75) is 26.2 Å². The first-order valence-electron chi connectivity index (χ1n) is 9.11. The van der Waals surface area contributed by atoms with Gasteiger partial charge in [-0.2, -0.15) is 0 Å². The van der Waals surface area contributed by atoms with Crippen molar-refractivity contribution < 1.29 is 4.42 Å². The Morgan fingerprint density at radius 2 is 1.56 bits per heavy atom. The van der Waals surface area contributed by atoms with Crippen molar-refractivity contribution in [2.24, 2.45) is 0 Å². The molecular weight excluding hydrogens is 304 g/mol. The van der Waals surface area contributed by atoms with Gasteiger partial charge in [-0.3, -0.25) is 0 Å². The maximum Gasteiger partial charge on any atom is 0.136 e. The lowest BCUT2D eigenvalue weighted by Crippen LogP contribution is -1.83. The molecule has 0 radical (unpaired) electrons. The van der Waals surface area contributed by atoms with Crippen LogP contribution in [0.4, 0.5) is 0 Å². The van der Waals surface area contributed by atoms with Gasteiger partial charge in [0, 0.05) is 10.8 Å². The highest BCUT2D eigenvalue weighted by molar-refractivity contribution is 6.23. The summed E-state index contributed by atoms with van der Waals surface area (Å²) in [5.41, 5.74) is 3.35. The molecule has 0 saturated heterocycles. The van der Waals surface area contributed by atoms with Gasteiger partial charge in [0.2, 0.25) is 0 Å². The number of furan rings is 1. The maximum absolute atomic E-state index is 6.19. The molecule has 5 rings (SSSR count). The van der Waals surface area contributed by atoms with E-state index in [1.165, 1.54) is 50.7 Å². The van der Waals surface area contributed by atoms with E-state index in [0.29, 0.717) is 0 Å². The Kier molecular flexibility index (Phi) is 3.27. The smallest absolute Gasteiger partial charge is 0.136 e. The van der Waals surface area contributed by atoms with Gasteiger partial charge in [-0.1, -0.05) is 67.9 Å². The van der Waals surface area contributed by atoms with Gasteiger partial charge in [0.1, 0.15) is 11.2 Å². The summed E-state index contributed by atoms with van der Waals surface area (Å²) in [7, 11) is 0. The van der Waals surface area contributed by atoms with Gasteiger partial charge in [0.25, 0.3) is 0 Å². The van der Waals surface area contributed by atoms with Gasteiger partial charge in [-0.15, -0.1) is 0 Å². The van der Waals surface area contributed by atoms with Crippen molar-refractivity contribution >= 4 is 43.5 Å². The van der Waals surface area contributed by atoms with Gasteiger partial charge in [0.15, 0.2) is 0 Å². The zero-order valence-electron chi connectivity index (χ0n) is 14.4. The predicted molar refractivity (Wildman–Crippen MR) is 107 cm³/mol. The van der Waals surface area contributed by atoms with Crippen LogP contribution in [0.1, 0.15) is 25.3 Å². The average Bonchev–Trinajstić information content (AvgIpc) is 3.04. The van der Waals surface area contributed by atoms with Crippen LogP contribution in [0.2, 0.25) is 0 Å².